The molecule has 8 heteroatoms. The fourth-order valence-electron chi connectivity index (χ4n) is 3.53. The van der Waals surface area contributed by atoms with Crippen LogP contribution in [-0.4, -0.2) is 34.3 Å². The van der Waals surface area contributed by atoms with Gasteiger partial charge in [-0.05, 0) is 42.6 Å². The number of hydrogen-bond acceptors (Lipinski definition) is 3. The number of pyridine rings is 2. The number of fused-ring (bicyclic) bond motifs is 2. The molecule has 5 nitrogen and oxygen atoms in total. The maximum atomic E-state index is 14.0. The summed E-state index contributed by atoms with van der Waals surface area (Å²) in [5.74, 6) is -2.65. The van der Waals surface area contributed by atoms with Gasteiger partial charge in [-0.3, -0.25) is 4.79 Å². The van der Waals surface area contributed by atoms with E-state index in [1.807, 2.05) is 0 Å². The minimum atomic E-state index is -1.01. The first-order chi connectivity index (χ1) is 14.3. The standard InChI is InChI=1S/C22H18F3N3O2/c1-12(16-10-26-21(30-3)15-9-19(25)18(24)8-14(15)16)27(2)22(29)13-7-20-17(23)5-4-6-28(20)11-13/h4-12H,1-3H3/t12-/m0/s1. The topological polar surface area (TPSA) is 46.8 Å². The Hall–Kier alpha value is -3.55. The van der Waals surface area contributed by atoms with Gasteiger partial charge >= 0.3 is 0 Å². The van der Waals surface area contributed by atoms with E-state index in [4.69, 9.17) is 4.74 Å². The molecule has 0 aliphatic carbocycles. The Balaban J connectivity index is 1.75. The number of rotatable bonds is 4. The second-order valence-electron chi connectivity index (χ2n) is 7.00. The van der Waals surface area contributed by atoms with Gasteiger partial charge in [-0.25, -0.2) is 18.2 Å². The number of carbonyl (C=O) groups is 1. The zero-order valence-corrected chi connectivity index (χ0v) is 16.5. The van der Waals surface area contributed by atoms with Crippen molar-refractivity contribution in [3.63, 3.8) is 0 Å². The molecular weight excluding hydrogens is 395 g/mol. The largest absolute Gasteiger partial charge is 0.481 e. The minimum absolute atomic E-state index is 0.156. The lowest BCUT2D eigenvalue weighted by Crippen LogP contribution is -2.29. The van der Waals surface area contributed by atoms with Crippen molar-refractivity contribution in [1.29, 1.82) is 0 Å². The van der Waals surface area contributed by atoms with Crippen LogP contribution in [0.4, 0.5) is 13.2 Å². The molecule has 3 aromatic heterocycles. The summed E-state index contributed by atoms with van der Waals surface area (Å²) in [6.45, 7) is 1.75. The maximum absolute atomic E-state index is 14.0. The molecule has 0 unspecified atom stereocenters. The van der Waals surface area contributed by atoms with Crippen LogP contribution in [0.3, 0.4) is 0 Å². The number of methoxy groups -OCH3 is 1. The Labute approximate surface area is 170 Å². The van der Waals surface area contributed by atoms with Gasteiger partial charge in [0.1, 0.15) is 5.82 Å². The average molecular weight is 413 g/mol. The van der Waals surface area contributed by atoms with E-state index >= 15 is 0 Å². The van der Waals surface area contributed by atoms with Crippen molar-refractivity contribution in [1.82, 2.24) is 14.3 Å². The predicted molar refractivity (Wildman–Crippen MR) is 106 cm³/mol. The zero-order chi connectivity index (χ0) is 21.6. The van der Waals surface area contributed by atoms with E-state index in [0.29, 0.717) is 21.9 Å². The second kappa shape index (κ2) is 7.37. The summed E-state index contributed by atoms with van der Waals surface area (Å²) in [4.78, 5) is 18.6. The highest BCUT2D eigenvalue weighted by molar-refractivity contribution is 5.96. The number of benzene rings is 1. The van der Waals surface area contributed by atoms with E-state index in [0.717, 1.165) is 12.1 Å². The highest BCUT2D eigenvalue weighted by Gasteiger charge is 2.24. The number of halogens is 3. The average Bonchev–Trinajstić information content (AvgIpc) is 3.18. The van der Waals surface area contributed by atoms with Gasteiger partial charge in [0.2, 0.25) is 5.88 Å². The van der Waals surface area contributed by atoms with Gasteiger partial charge in [0.15, 0.2) is 11.6 Å². The molecule has 1 aromatic carbocycles. The van der Waals surface area contributed by atoms with Crippen molar-refractivity contribution in [2.75, 3.05) is 14.2 Å². The van der Waals surface area contributed by atoms with Crippen molar-refractivity contribution in [3.8, 4) is 5.88 Å². The van der Waals surface area contributed by atoms with Gasteiger partial charge in [-0.15, -0.1) is 0 Å². The third-order valence-corrected chi connectivity index (χ3v) is 5.30. The third-order valence-electron chi connectivity index (χ3n) is 5.30. The lowest BCUT2D eigenvalue weighted by Gasteiger charge is -2.26. The van der Waals surface area contributed by atoms with Crippen LogP contribution in [0.15, 0.2) is 48.9 Å². The molecule has 4 aromatic rings. The molecule has 0 bridgehead atoms. The molecule has 0 N–H and O–H groups in total. The highest BCUT2D eigenvalue weighted by Crippen LogP contribution is 2.33. The van der Waals surface area contributed by atoms with Gasteiger partial charge in [0.25, 0.3) is 5.91 Å². The molecule has 0 saturated heterocycles. The summed E-state index contributed by atoms with van der Waals surface area (Å²) in [7, 11) is 2.97. The number of ether oxygens (including phenoxy) is 1. The van der Waals surface area contributed by atoms with Crippen LogP contribution in [0.2, 0.25) is 0 Å². The van der Waals surface area contributed by atoms with Gasteiger partial charge in [0.05, 0.1) is 24.2 Å². The fraction of sp³-hybridized carbons (Fsp3) is 0.182. The van der Waals surface area contributed by atoms with Crippen molar-refractivity contribution in [3.05, 3.63) is 77.5 Å². The predicted octanol–water partition coefficient (Wildman–Crippen LogP) is 4.75. The molecular formula is C22H18F3N3O2. The van der Waals surface area contributed by atoms with Crippen LogP contribution in [0, 0.1) is 17.5 Å². The smallest absolute Gasteiger partial charge is 0.255 e. The van der Waals surface area contributed by atoms with Crippen LogP contribution >= 0.6 is 0 Å². The Bertz CT molecular complexity index is 1290. The van der Waals surface area contributed by atoms with Gasteiger partial charge < -0.3 is 14.0 Å². The zero-order valence-electron chi connectivity index (χ0n) is 16.5. The lowest BCUT2D eigenvalue weighted by molar-refractivity contribution is 0.0743. The van der Waals surface area contributed by atoms with Crippen molar-refractivity contribution >= 4 is 22.2 Å². The quantitative estimate of drug-likeness (QED) is 0.485. The van der Waals surface area contributed by atoms with E-state index in [1.165, 1.54) is 34.7 Å². The van der Waals surface area contributed by atoms with E-state index in [-0.39, 0.29) is 17.3 Å². The minimum Gasteiger partial charge on any atom is -0.481 e. The number of hydrogen-bond donors (Lipinski definition) is 0. The first-order valence-corrected chi connectivity index (χ1v) is 9.17. The SMILES string of the molecule is COc1ncc([C@H](C)N(C)C(=O)c2cc3c(F)cccn3c2)c2cc(F)c(F)cc12. The van der Waals surface area contributed by atoms with Gasteiger partial charge in [-0.2, -0.15) is 0 Å². The number of amides is 1. The molecule has 1 atom stereocenters. The molecule has 3 heterocycles. The normalized spacial score (nSPS) is 12.3. The molecule has 1 amide bonds. The molecule has 0 spiro atoms. The Morgan fingerprint density at radius 3 is 2.50 bits per heavy atom. The first kappa shape index (κ1) is 19.8. The molecule has 0 saturated carbocycles. The van der Waals surface area contributed by atoms with Crippen LogP contribution in [0.1, 0.15) is 28.9 Å². The van der Waals surface area contributed by atoms with Crippen molar-refractivity contribution in [2.45, 2.75) is 13.0 Å². The van der Waals surface area contributed by atoms with Crippen LogP contribution in [0.5, 0.6) is 5.88 Å². The van der Waals surface area contributed by atoms with Crippen LogP contribution in [-0.2, 0) is 0 Å². The van der Waals surface area contributed by atoms with Crippen LogP contribution < -0.4 is 4.74 Å². The van der Waals surface area contributed by atoms with E-state index in [1.54, 1.807) is 32.4 Å². The first-order valence-electron chi connectivity index (χ1n) is 9.17. The summed E-state index contributed by atoms with van der Waals surface area (Å²) in [5.41, 5.74) is 1.11. The van der Waals surface area contributed by atoms with E-state index < -0.39 is 23.5 Å². The van der Waals surface area contributed by atoms with Gasteiger partial charge in [0, 0.05) is 36.6 Å². The molecule has 0 radical (unpaired) electrons. The molecule has 30 heavy (non-hydrogen) atoms. The monoisotopic (exact) mass is 413 g/mol. The Kier molecular flexibility index (Phi) is 4.85. The Morgan fingerprint density at radius 1 is 1.13 bits per heavy atom. The third kappa shape index (κ3) is 3.14. The van der Waals surface area contributed by atoms with E-state index in [9.17, 15) is 18.0 Å². The molecule has 0 aliphatic heterocycles. The molecule has 0 aliphatic rings. The summed E-state index contributed by atoms with van der Waals surface area (Å²) < 4.78 is 48.4. The summed E-state index contributed by atoms with van der Waals surface area (Å²) >= 11 is 0. The molecule has 154 valence electrons. The second-order valence-corrected chi connectivity index (χ2v) is 7.00. The molecule has 4 rings (SSSR count). The van der Waals surface area contributed by atoms with Crippen molar-refractivity contribution < 1.29 is 22.7 Å². The maximum Gasteiger partial charge on any atom is 0.255 e. The van der Waals surface area contributed by atoms with Gasteiger partial charge in [-0.1, -0.05) is 0 Å². The summed E-state index contributed by atoms with van der Waals surface area (Å²) in [6, 6.07) is 5.90. The highest BCUT2D eigenvalue weighted by atomic mass is 19.2. The Morgan fingerprint density at radius 2 is 1.83 bits per heavy atom. The number of carbonyl (C=O) groups excluding carboxylic acids is 1. The van der Waals surface area contributed by atoms with Crippen molar-refractivity contribution in [2.24, 2.45) is 0 Å². The number of aromatic nitrogens is 2. The fourth-order valence-corrected chi connectivity index (χ4v) is 3.53. The van der Waals surface area contributed by atoms with Crippen LogP contribution in [0.25, 0.3) is 16.3 Å². The number of nitrogens with zero attached hydrogens (tertiary/aromatic N) is 3. The molecule has 0 fully saturated rings. The summed E-state index contributed by atoms with van der Waals surface area (Å²) in [5, 5.41) is 0.694. The van der Waals surface area contributed by atoms with E-state index in [2.05, 4.69) is 4.98 Å². The summed E-state index contributed by atoms with van der Waals surface area (Å²) in [6.07, 6.45) is 4.67. The lowest BCUT2D eigenvalue weighted by atomic mass is 10.0.